The Morgan fingerprint density at radius 2 is 1.89 bits per heavy atom. The van der Waals surface area contributed by atoms with Gasteiger partial charge < -0.3 is 9.88 Å². The Bertz CT molecular complexity index is 635. The number of anilines is 1. The largest absolute Gasteiger partial charge is 0.384 e. The van der Waals surface area contributed by atoms with Gasteiger partial charge in [-0.2, -0.15) is 0 Å². The van der Waals surface area contributed by atoms with Crippen molar-refractivity contribution in [2.24, 2.45) is 12.5 Å². The number of pyridine rings is 1. The second-order valence-corrected chi connectivity index (χ2v) is 6.21. The lowest BCUT2D eigenvalue weighted by Gasteiger charge is -2.19. The molecule has 1 aromatic carbocycles. The maximum atomic E-state index is 11.9. The lowest BCUT2D eigenvalue weighted by molar-refractivity contribution is 0.390. The van der Waals surface area contributed by atoms with Crippen LogP contribution in [0.15, 0.2) is 35.1 Å². The molecule has 102 valence electrons. The number of nitrogens with one attached hydrogen (secondary N) is 1. The van der Waals surface area contributed by atoms with Gasteiger partial charge in [0.2, 0.25) is 0 Å². The van der Waals surface area contributed by atoms with Crippen LogP contribution >= 0.6 is 0 Å². The maximum absolute atomic E-state index is 11.9. The number of fused-ring (bicyclic) bond motifs is 1. The summed E-state index contributed by atoms with van der Waals surface area (Å²) in [4.78, 5) is 11.9. The third-order valence-electron chi connectivity index (χ3n) is 3.34. The smallest absolute Gasteiger partial charge is 0.252 e. The topological polar surface area (TPSA) is 34.0 Å². The molecule has 0 spiro atoms. The number of hydrogen-bond acceptors (Lipinski definition) is 2. The van der Waals surface area contributed by atoms with Crippen LogP contribution in [0.5, 0.6) is 0 Å². The molecule has 0 atom stereocenters. The monoisotopic (exact) mass is 258 g/mol. The van der Waals surface area contributed by atoms with Crippen LogP contribution in [0.1, 0.15) is 27.2 Å². The summed E-state index contributed by atoms with van der Waals surface area (Å²) in [6.07, 6.45) is 1.07. The fraction of sp³-hybridized carbons (Fsp3) is 0.438. The third-order valence-corrected chi connectivity index (χ3v) is 3.34. The fourth-order valence-corrected chi connectivity index (χ4v) is 2.13. The van der Waals surface area contributed by atoms with Gasteiger partial charge in [0.1, 0.15) is 0 Å². The maximum Gasteiger partial charge on any atom is 0.252 e. The van der Waals surface area contributed by atoms with E-state index >= 15 is 0 Å². The second kappa shape index (κ2) is 5.08. The molecule has 19 heavy (non-hydrogen) atoms. The number of benzene rings is 1. The zero-order chi connectivity index (χ0) is 14.0. The van der Waals surface area contributed by atoms with E-state index < -0.39 is 0 Å². The molecule has 0 amide bonds. The van der Waals surface area contributed by atoms with Gasteiger partial charge in [-0.3, -0.25) is 4.79 Å². The van der Waals surface area contributed by atoms with Gasteiger partial charge in [-0.1, -0.05) is 39.0 Å². The van der Waals surface area contributed by atoms with Gasteiger partial charge in [0.15, 0.2) is 0 Å². The van der Waals surface area contributed by atoms with E-state index in [1.54, 1.807) is 10.6 Å². The van der Waals surface area contributed by atoms with Crippen molar-refractivity contribution >= 4 is 16.6 Å². The lowest BCUT2D eigenvalue weighted by Crippen LogP contribution is -2.19. The highest BCUT2D eigenvalue weighted by atomic mass is 16.1. The summed E-state index contributed by atoms with van der Waals surface area (Å²) in [6, 6.07) is 9.67. The average Bonchev–Trinajstić information content (AvgIpc) is 2.34. The molecule has 0 saturated carbocycles. The second-order valence-electron chi connectivity index (χ2n) is 6.21. The summed E-state index contributed by atoms with van der Waals surface area (Å²) < 4.78 is 1.68. The van der Waals surface area contributed by atoms with Gasteiger partial charge in [-0.15, -0.1) is 0 Å². The molecule has 3 heteroatoms. The Kier molecular flexibility index (Phi) is 3.65. The molecule has 2 rings (SSSR count). The predicted octanol–water partition coefficient (Wildman–Crippen LogP) is 3.39. The number of nitrogens with zero attached hydrogens (tertiary/aromatic N) is 1. The lowest BCUT2D eigenvalue weighted by atomic mass is 9.92. The molecule has 0 aliphatic carbocycles. The zero-order valence-electron chi connectivity index (χ0n) is 12.2. The van der Waals surface area contributed by atoms with Gasteiger partial charge in [-0.05, 0) is 17.9 Å². The molecule has 0 saturated heterocycles. The van der Waals surface area contributed by atoms with E-state index in [-0.39, 0.29) is 5.56 Å². The summed E-state index contributed by atoms with van der Waals surface area (Å²) in [5, 5.41) is 4.49. The van der Waals surface area contributed by atoms with Gasteiger partial charge in [0, 0.05) is 30.7 Å². The van der Waals surface area contributed by atoms with Crippen LogP contribution in [0.2, 0.25) is 0 Å². The Labute approximate surface area is 114 Å². The molecule has 0 radical (unpaired) electrons. The van der Waals surface area contributed by atoms with Crippen molar-refractivity contribution in [3.8, 4) is 0 Å². The number of aryl methyl sites for hydroxylation is 1. The summed E-state index contributed by atoms with van der Waals surface area (Å²) in [6.45, 7) is 7.53. The van der Waals surface area contributed by atoms with Gasteiger partial charge in [0.25, 0.3) is 5.56 Å². The number of aromatic nitrogens is 1. The van der Waals surface area contributed by atoms with Crippen molar-refractivity contribution in [1.29, 1.82) is 0 Å². The van der Waals surface area contributed by atoms with E-state index in [0.717, 1.165) is 29.6 Å². The van der Waals surface area contributed by atoms with Crippen LogP contribution in [0.4, 0.5) is 5.69 Å². The molecule has 0 unspecified atom stereocenters. The van der Waals surface area contributed by atoms with Gasteiger partial charge in [-0.25, -0.2) is 0 Å². The van der Waals surface area contributed by atoms with Crippen LogP contribution in [-0.4, -0.2) is 11.1 Å². The Morgan fingerprint density at radius 3 is 2.58 bits per heavy atom. The van der Waals surface area contributed by atoms with Crippen LogP contribution in [-0.2, 0) is 7.05 Å². The zero-order valence-corrected chi connectivity index (χ0v) is 12.2. The first-order valence-electron chi connectivity index (χ1n) is 6.71. The standard InChI is InChI=1S/C16H22N2O/c1-16(2,3)9-10-17-13-11-15(19)18(4)14-8-6-5-7-12(13)14/h5-8,11,17H,9-10H2,1-4H3. The van der Waals surface area contributed by atoms with Gasteiger partial charge in [0.05, 0.1) is 5.52 Å². The third kappa shape index (κ3) is 3.16. The highest BCUT2D eigenvalue weighted by molar-refractivity contribution is 5.91. The normalized spacial score (nSPS) is 11.8. The Balaban J connectivity index is 2.33. The van der Waals surface area contributed by atoms with E-state index in [0.29, 0.717) is 5.41 Å². The van der Waals surface area contributed by atoms with Gasteiger partial charge >= 0.3 is 0 Å². The first kappa shape index (κ1) is 13.7. The van der Waals surface area contributed by atoms with Crippen molar-refractivity contribution in [3.05, 3.63) is 40.7 Å². The molecule has 2 aromatic rings. The van der Waals surface area contributed by atoms with E-state index in [9.17, 15) is 4.79 Å². The van der Waals surface area contributed by atoms with Crippen molar-refractivity contribution in [2.75, 3.05) is 11.9 Å². The van der Waals surface area contributed by atoms with Crippen molar-refractivity contribution in [1.82, 2.24) is 4.57 Å². The minimum Gasteiger partial charge on any atom is -0.384 e. The highest BCUT2D eigenvalue weighted by Crippen LogP contribution is 2.22. The predicted molar refractivity (Wildman–Crippen MR) is 81.8 cm³/mol. The molecule has 3 nitrogen and oxygen atoms in total. The average molecular weight is 258 g/mol. The highest BCUT2D eigenvalue weighted by Gasteiger charge is 2.10. The summed E-state index contributed by atoms with van der Waals surface area (Å²) in [7, 11) is 1.81. The van der Waals surface area contributed by atoms with Crippen molar-refractivity contribution < 1.29 is 0 Å². The number of rotatable bonds is 3. The molecule has 0 aliphatic heterocycles. The van der Waals surface area contributed by atoms with Crippen molar-refractivity contribution in [2.45, 2.75) is 27.2 Å². The van der Waals surface area contributed by atoms with E-state index in [2.05, 4.69) is 26.1 Å². The van der Waals surface area contributed by atoms with Crippen LogP contribution in [0.3, 0.4) is 0 Å². The molecule has 1 N–H and O–H groups in total. The van der Waals surface area contributed by atoms with Crippen LogP contribution in [0, 0.1) is 5.41 Å². The minimum absolute atomic E-state index is 0.0250. The SMILES string of the molecule is Cn1c(=O)cc(NCCC(C)(C)C)c2ccccc21. The molecular formula is C16H22N2O. The quantitative estimate of drug-likeness (QED) is 0.915. The van der Waals surface area contributed by atoms with E-state index in [1.807, 2.05) is 31.3 Å². The summed E-state index contributed by atoms with van der Waals surface area (Å²) in [5.74, 6) is 0. The van der Waals surface area contributed by atoms with Crippen molar-refractivity contribution in [3.63, 3.8) is 0 Å². The first-order chi connectivity index (χ1) is 8.88. The molecule has 0 aliphatic rings. The van der Waals surface area contributed by atoms with Crippen LogP contribution in [0.25, 0.3) is 10.9 Å². The molecule has 1 heterocycles. The summed E-state index contributed by atoms with van der Waals surface area (Å²) >= 11 is 0. The molecule has 0 fully saturated rings. The Morgan fingerprint density at radius 1 is 1.21 bits per heavy atom. The minimum atomic E-state index is 0.0250. The fourth-order valence-electron chi connectivity index (χ4n) is 2.13. The van der Waals surface area contributed by atoms with Crippen LogP contribution < -0.4 is 10.9 Å². The first-order valence-corrected chi connectivity index (χ1v) is 6.71. The van der Waals surface area contributed by atoms with E-state index in [1.165, 1.54) is 0 Å². The Hall–Kier alpha value is -1.77. The number of para-hydroxylation sites is 1. The van der Waals surface area contributed by atoms with E-state index in [4.69, 9.17) is 0 Å². The molecule has 1 aromatic heterocycles. The molecule has 0 bridgehead atoms. The summed E-state index contributed by atoms with van der Waals surface area (Å²) in [5.41, 5.74) is 2.22. The molecular weight excluding hydrogens is 236 g/mol. The number of hydrogen-bond donors (Lipinski definition) is 1.